The highest BCUT2D eigenvalue weighted by Crippen LogP contribution is 2.32. The summed E-state index contributed by atoms with van der Waals surface area (Å²) < 4.78 is 41.0. The number of piperidine rings is 2. The molecule has 2 fully saturated rings. The van der Waals surface area contributed by atoms with Crippen LogP contribution in [-0.4, -0.2) is 55.8 Å². The second-order valence-corrected chi connectivity index (χ2v) is 11.5. The molecule has 0 radical (unpaired) electrons. The molecule has 2 aliphatic heterocycles. The van der Waals surface area contributed by atoms with E-state index >= 15 is 0 Å². The summed E-state index contributed by atoms with van der Waals surface area (Å²) in [5.41, 5.74) is 6.92. The second kappa shape index (κ2) is 11.0. The molecule has 2 heterocycles. The Bertz CT molecular complexity index is 1050. The highest BCUT2D eigenvalue weighted by Gasteiger charge is 2.42. The van der Waals surface area contributed by atoms with Crippen molar-refractivity contribution in [1.29, 1.82) is 0 Å². The van der Waals surface area contributed by atoms with E-state index in [0.29, 0.717) is 12.5 Å². The van der Waals surface area contributed by atoms with Crippen LogP contribution in [0, 0.1) is 17.7 Å². The van der Waals surface area contributed by atoms with Crippen LogP contribution in [0.15, 0.2) is 59.5 Å². The average Bonchev–Trinajstić information content (AvgIpc) is 2.85. The van der Waals surface area contributed by atoms with E-state index in [4.69, 9.17) is 5.73 Å². The van der Waals surface area contributed by atoms with Gasteiger partial charge in [-0.05, 0) is 99.8 Å². The maximum atomic E-state index is 13.2. The number of primary amides is 1. The molecular weight excluding hydrogens is 453 g/mol. The van der Waals surface area contributed by atoms with Crippen LogP contribution < -0.4 is 5.73 Å². The van der Waals surface area contributed by atoms with Gasteiger partial charge in [-0.2, -0.15) is 4.31 Å². The Hall–Kier alpha value is -2.29. The summed E-state index contributed by atoms with van der Waals surface area (Å²) in [7, 11) is -3.78. The second-order valence-electron chi connectivity index (χ2n) is 9.58. The van der Waals surface area contributed by atoms with Gasteiger partial charge in [-0.3, -0.25) is 4.79 Å². The molecule has 2 aromatic carbocycles. The topological polar surface area (TPSA) is 83.7 Å². The first kappa shape index (κ1) is 24.8. The molecule has 0 aliphatic carbocycles. The number of likely N-dealkylation sites (tertiary alicyclic amines) is 1. The molecule has 0 saturated carbocycles. The fraction of sp³-hybridized carbons (Fsp3) is 0.500. The molecule has 2 saturated heterocycles. The lowest BCUT2D eigenvalue weighted by atomic mass is 9.86. The van der Waals surface area contributed by atoms with Crippen LogP contribution in [0.25, 0.3) is 0 Å². The Morgan fingerprint density at radius 1 is 0.971 bits per heavy atom. The summed E-state index contributed by atoms with van der Waals surface area (Å²) in [6.45, 7) is 3.10. The summed E-state index contributed by atoms with van der Waals surface area (Å²) in [6, 6.07) is 14.2. The molecule has 2 aliphatic rings. The largest absolute Gasteiger partial charge is 0.368 e. The first-order valence-corrected chi connectivity index (χ1v) is 13.6. The monoisotopic (exact) mass is 487 g/mol. The molecule has 2 unspecified atom stereocenters. The van der Waals surface area contributed by atoms with E-state index in [-0.39, 0.29) is 16.6 Å². The SMILES string of the molecule is NC(=O)C1C(CCN2CCC(Cc3ccc(F)cc3)CC2)CCCN1S(=O)(=O)c1ccccc1. The smallest absolute Gasteiger partial charge is 0.243 e. The van der Waals surface area contributed by atoms with Crippen LogP contribution in [0.3, 0.4) is 0 Å². The van der Waals surface area contributed by atoms with Gasteiger partial charge in [0.2, 0.25) is 15.9 Å². The molecule has 34 heavy (non-hydrogen) atoms. The van der Waals surface area contributed by atoms with Crippen molar-refractivity contribution in [3.63, 3.8) is 0 Å². The van der Waals surface area contributed by atoms with E-state index in [9.17, 15) is 17.6 Å². The molecule has 2 aromatic rings. The number of amides is 1. The predicted molar refractivity (Wildman–Crippen MR) is 130 cm³/mol. The molecule has 4 rings (SSSR count). The summed E-state index contributed by atoms with van der Waals surface area (Å²) in [5, 5.41) is 0. The van der Waals surface area contributed by atoms with Crippen molar-refractivity contribution in [2.24, 2.45) is 17.6 Å². The van der Waals surface area contributed by atoms with Gasteiger partial charge in [0.25, 0.3) is 0 Å². The van der Waals surface area contributed by atoms with E-state index in [1.165, 1.54) is 22.0 Å². The van der Waals surface area contributed by atoms with Crippen molar-refractivity contribution in [2.45, 2.75) is 49.5 Å². The van der Waals surface area contributed by atoms with Crippen LogP contribution in [-0.2, 0) is 21.2 Å². The summed E-state index contributed by atoms with van der Waals surface area (Å²) >= 11 is 0. The number of benzene rings is 2. The van der Waals surface area contributed by atoms with Gasteiger partial charge in [0, 0.05) is 6.54 Å². The third-order valence-electron chi connectivity index (χ3n) is 7.31. The minimum atomic E-state index is -3.78. The van der Waals surface area contributed by atoms with Crippen LogP contribution in [0.4, 0.5) is 4.39 Å². The van der Waals surface area contributed by atoms with Crippen molar-refractivity contribution >= 4 is 15.9 Å². The van der Waals surface area contributed by atoms with Crippen LogP contribution in [0.2, 0.25) is 0 Å². The van der Waals surface area contributed by atoms with Crippen molar-refractivity contribution in [3.05, 3.63) is 66.0 Å². The standard InChI is InChI=1S/C26H34FN3O3S/c27-23-10-8-20(9-11-23)19-21-12-16-29(17-13-21)18-14-22-5-4-15-30(25(22)26(28)31)34(32,33)24-6-2-1-3-7-24/h1-3,6-11,21-22,25H,4-5,12-19H2,(H2,28,31). The predicted octanol–water partition coefficient (Wildman–Crippen LogP) is 3.43. The minimum Gasteiger partial charge on any atom is -0.368 e. The third-order valence-corrected chi connectivity index (χ3v) is 9.21. The van der Waals surface area contributed by atoms with Gasteiger partial charge in [-0.25, -0.2) is 12.8 Å². The van der Waals surface area contributed by atoms with Crippen molar-refractivity contribution in [2.75, 3.05) is 26.2 Å². The number of nitrogens with two attached hydrogens (primary N) is 1. The normalized spacial score (nSPS) is 23.1. The summed E-state index contributed by atoms with van der Waals surface area (Å²) in [5.74, 6) is -0.268. The van der Waals surface area contributed by atoms with Crippen molar-refractivity contribution < 1.29 is 17.6 Å². The molecule has 2 N–H and O–H groups in total. The van der Waals surface area contributed by atoms with Gasteiger partial charge in [-0.15, -0.1) is 0 Å². The number of carbonyl (C=O) groups is 1. The summed E-state index contributed by atoms with van der Waals surface area (Å²) in [6.07, 6.45) is 5.39. The number of sulfonamides is 1. The first-order chi connectivity index (χ1) is 16.3. The molecule has 6 nitrogen and oxygen atoms in total. The van der Waals surface area contributed by atoms with Crippen molar-refractivity contribution in [3.8, 4) is 0 Å². The summed E-state index contributed by atoms with van der Waals surface area (Å²) in [4.78, 5) is 15.0. The van der Waals surface area contributed by atoms with Gasteiger partial charge < -0.3 is 10.6 Å². The molecule has 0 aromatic heterocycles. The zero-order chi connectivity index (χ0) is 24.1. The Morgan fingerprint density at radius 2 is 1.65 bits per heavy atom. The Morgan fingerprint density at radius 3 is 2.29 bits per heavy atom. The quantitative estimate of drug-likeness (QED) is 0.618. The lowest BCUT2D eigenvalue weighted by Gasteiger charge is -2.40. The molecule has 0 spiro atoms. The van der Waals surface area contributed by atoms with Crippen LogP contribution in [0.1, 0.15) is 37.7 Å². The number of carbonyl (C=O) groups excluding carboxylic acids is 1. The lowest BCUT2D eigenvalue weighted by molar-refractivity contribution is -0.124. The van der Waals surface area contributed by atoms with Crippen molar-refractivity contribution in [1.82, 2.24) is 9.21 Å². The number of rotatable bonds is 8. The zero-order valence-electron chi connectivity index (χ0n) is 19.5. The van der Waals surface area contributed by atoms with Gasteiger partial charge in [0.1, 0.15) is 11.9 Å². The molecule has 184 valence electrons. The fourth-order valence-corrected chi connectivity index (χ4v) is 7.15. The Labute approximate surface area is 202 Å². The lowest BCUT2D eigenvalue weighted by Crippen LogP contribution is -2.55. The van der Waals surface area contributed by atoms with Gasteiger partial charge >= 0.3 is 0 Å². The molecule has 0 bridgehead atoms. The van der Waals surface area contributed by atoms with E-state index in [1.807, 2.05) is 12.1 Å². The maximum absolute atomic E-state index is 13.2. The van der Waals surface area contributed by atoms with Crippen LogP contribution >= 0.6 is 0 Å². The number of halogens is 1. The van der Waals surface area contributed by atoms with E-state index in [2.05, 4.69) is 4.90 Å². The zero-order valence-corrected chi connectivity index (χ0v) is 20.3. The van der Waals surface area contributed by atoms with Gasteiger partial charge in [-0.1, -0.05) is 30.3 Å². The van der Waals surface area contributed by atoms with E-state index in [1.54, 1.807) is 30.3 Å². The Balaban J connectivity index is 1.33. The highest BCUT2D eigenvalue weighted by atomic mass is 32.2. The van der Waals surface area contributed by atoms with Gasteiger partial charge in [0.05, 0.1) is 4.90 Å². The highest BCUT2D eigenvalue weighted by molar-refractivity contribution is 7.89. The fourth-order valence-electron chi connectivity index (χ4n) is 5.43. The molecular formula is C26H34FN3O3S. The molecule has 8 heteroatoms. The number of hydrogen-bond donors (Lipinski definition) is 1. The molecule has 2 atom stereocenters. The average molecular weight is 488 g/mol. The number of hydrogen-bond acceptors (Lipinski definition) is 4. The first-order valence-electron chi connectivity index (χ1n) is 12.2. The number of nitrogens with zero attached hydrogens (tertiary/aromatic N) is 2. The minimum absolute atomic E-state index is 0.0818. The Kier molecular flexibility index (Phi) is 8.01. The van der Waals surface area contributed by atoms with Crippen LogP contribution in [0.5, 0.6) is 0 Å². The molecule has 1 amide bonds. The van der Waals surface area contributed by atoms with Gasteiger partial charge in [0.15, 0.2) is 0 Å². The third kappa shape index (κ3) is 5.85. The van der Waals surface area contributed by atoms with E-state index in [0.717, 1.165) is 58.2 Å². The van der Waals surface area contributed by atoms with E-state index < -0.39 is 22.0 Å². The maximum Gasteiger partial charge on any atom is 0.243 e.